The Balaban J connectivity index is 1.60. The number of imide groups is 1. The molecule has 20 heavy (non-hydrogen) atoms. The number of nitrogens with one attached hydrogen (secondary N) is 1. The van der Waals surface area contributed by atoms with Crippen LogP contribution in [-0.2, 0) is 16.1 Å². The van der Waals surface area contributed by atoms with Crippen molar-refractivity contribution >= 4 is 23.6 Å². The summed E-state index contributed by atoms with van der Waals surface area (Å²) in [6, 6.07) is 7.73. The highest BCUT2D eigenvalue weighted by Gasteiger charge is 2.50. The largest absolute Gasteiger partial charge is 0.432 e. The lowest BCUT2D eigenvalue weighted by Gasteiger charge is -2.35. The van der Waals surface area contributed by atoms with Crippen LogP contribution in [0.2, 0.25) is 5.02 Å². The van der Waals surface area contributed by atoms with Gasteiger partial charge in [-0.2, -0.15) is 0 Å². The number of piperidine rings is 1. The maximum atomic E-state index is 11.8. The normalized spacial score (nSPS) is 21.9. The molecule has 2 fully saturated rings. The molecular weight excluding hydrogens is 280 g/mol. The number of benzene rings is 1. The lowest BCUT2D eigenvalue weighted by Crippen LogP contribution is -2.49. The molecule has 0 bridgehead atoms. The third-order valence-electron chi connectivity index (χ3n) is 3.90. The van der Waals surface area contributed by atoms with Crippen LogP contribution in [0.15, 0.2) is 24.3 Å². The van der Waals surface area contributed by atoms with Gasteiger partial charge in [0.25, 0.3) is 5.91 Å². The molecule has 6 heteroatoms. The SMILES string of the molecule is O=C1NC(=O)C2(CCN(Cc3ccc(Cl)cc3)CC2)O1. The molecule has 2 aliphatic rings. The molecule has 0 saturated carbocycles. The predicted molar refractivity (Wildman–Crippen MR) is 73.3 cm³/mol. The molecule has 1 N–H and O–H groups in total. The standard InChI is InChI=1S/C14H15ClN2O3/c15-11-3-1-10(2-4-11)9-17-7-5-14(6-8-17)12(18)16-13(19)20-14/h1-4H,5-9H2,(H,16,18,19). The Labute approximate surface area is 121 Å². The van der Waals surface area contributed by atoms with Crippen molar-refractivity contribution in [3.63, 3.8) is 0 Å². The maximum absolute atomic E-state index is 11.8. The Morgan fingerprint density at radius 3 is 2.40 bits per heavy atom. The molecule has 0 unspecified atom stereocenters. The first-order valence-electron chi connectivity index (χ1n) is 6.59. The van der Waals surface area contributed by atoms with Crippen LogP contribution in [0.5, 0.6) is 0 Å². The van der Waals surface area contributed by atoms with E-state index in [0.717, 1.165) is 24.7 Å². The van der Waals surface area contributed by atoms with Crippen LogP contribution in [-0.4, -0.2) is 35.6 Å². The van der Waals surface area contributed by atoms with Crippen LogP contribution >= 0.6 is 11.6 Å². The third-order valence-corrected chi connectivity index (χ3v) is 4.15. The van der Waals surface area contributed by atoms with E-state index in [9.17, 15) is 9.59 Å². The van der Waals surface area contributed by atoms with Crippen molar-refractivity contribution in [1.82, 2.24) is 10.2 Å². The summed E-state index contributed by atoms with van der Waals surface area (Å²) in [6.45, 7) is 2.26. The quantitative estimate of drug-likeness (QED) is 0.905. The van der Waals surface area contributed by atoms with Crippen molar-refractivity contribution in [3.05, 3.63) is 34.9 Å². The van der Waals surface area contributed by atoms with Crippen LogP contribution in [0.3, 0.4) is 0 Å². The zero-order valence-corrected chi connectivity index (χ0v) is 11.7. The van der Waals surface area contributed by atoms with Crippen molar-refractivity contribution < 1.29 is 14.3 Å². The van der Waals surface area contributed by atoms with E-state index in [1.54, 1.807) is 0 Å². The molecule has 1 aromatic carbocycles. The van der Waals surface area contributed by atoms with Gasteiger partial charge in [-0.15, -0.1) is 0 Å². The van der Waals surface area contributed by atoms with Crippen molar-refractivity contribution in [2.24, 2.45) is 0 Å². The summed E-state index contributed by atoms with van der Waals surface area (Å²) in [6.07, 6.45) is 0.456. The lowest BCUT2D eigenvalue weighted by atomic mass is 9.90. The smallest absolute Gasteiger partial charge is 0.415 e. The van der Waals surface area contributed by atoms with Gasteiger partial charge in [0.05, 0.1) is 0 Å². The van der Waals surface area contributed by atoms with Gasteiger partial charge >= 0.3 is 6.09 Å². The highest BCUT2D eigenvalue weighted by molar-refractivity contribution is 6.30. The molecule has 2 saturated heterocycles. The number of carbonyl (C=O) groups is 2. The third kappa shape index (κ3) is 2.51. The van der Waals surface area contributed by atoms with E-state index in [1.807, 2.05) is 24.3 Å². The summed E-state index contributed by atoms with van der Waals surface area (Å²) in [5.74, 6) is -0.298. The van der Waals surface area contributed by atoms with E-state index < -0.39 is 11.7 Å². The molecule has 106 valence electrons. The molecule has 0 atom stereocenters. The van der Waals surface area contributed by atoms with Crippen LogP contribution in [0, 0.1) is 0 Å². The number of rotatable bonds is 2. The Bertz CT molecular complexity index is 536. The number of amides is 2. The Kier molecular flexibility index (Phi) is 3.40. The number of halogens is 1. The molecule has 2 aliphatic heterocycles. The number of carbonyl (C=O) groups excluding carboxylic acids is 2. The van der Waals surface area contributed by atoms with Crippen molar-refractivity contribution in [2.45, 2.75) is 25.0 Å². The number of ether oxygens (including phenoxy) is 1. The second-order valence-electron chi connectivity index (χ2n) is 5.24. The van der Waals surface area contributed by atoms with Crippen LogP contribution in [0.25, 0.3) is 0 Å². The van der Waals surface area contributed by atoms with Crippen molar-refractivity contribution in [2.75, 3.05) is 13.1 Å². The summed E-state index contributed by atoms with van der Waals surface area (Å²) in [4.78, 5) is 25.2. The minimum atomic E-state index is -0.937. The van der Waals surface area contributed by atoms with Gasteiger partial charge in [0.1, 0.15) is 0 Å². The molecule has 5 nitrogen and oxygen atoms in total. The van der Waals surface area contributed by atoms with Gasteiger partial charge in [0.15, 0.2) is 5.60 Å². The Morgan fingerprint density at radius 2 is 1.85 bits per heavy atom. The molecule has 0 aliphatic carbocycles. The minimum Gasteiger partial charge on any atom is -0.432 e. The molecule has 1 spiro atoms. The fraction of sp³-hybridized carbons (Fsp3) is 0.429. The predicted octanol–water partition coefficient (Wildman–Crippen LogP) is 1.94. The van der Waals surface area contributed by atoms with E-state index >= 15 is 0 Å². The van der Waals surface area contributed by atoms with E-state index in [0.29, 0.717) is 12.8 Å². The summed E-state index contributed by atoms with van der Waals surface area (Å²) in [7, 11) is 0. The number of hydrogen-bond acceptors (Lipinski definition) is 4. The first kappa shape index (κ1) is 13.4. The number of hydrogen-bond donors (Lipinski definition) is 1. The molecule has 2 heterocycles. The highest BCUT2D eigenvalue weighted by Crippen LogP contribution is 2.30. The molecule has 3 rings (SSSR count). The van der Waals surface area contributed by atoms with E-state index in [1.165, 1.54) is 5.56 Å². The van der Waals surface area contributed by atoms with Crippen LogP contribution in [0.1, 0.15) is 18.4 Å². The monoisotopic (exact) mass is 294 g/mol. The molecule has 0 radical (unpaired) electrons. The van der Waals surface area contributed by atoms with E-state index in [-0.39, 0.29) is 5.91 Å². The fourth-order valence-corrected chi connectivity index (χ4v) is 2.83. The Hall–Kier alpha value is -1.59. The first-order chi connectivity index (χ1) is 9.57. The molecule has 1 aromatic rings. The average molecular weight is 295 g/mol. The van der Waals surface area contributed by atoms with Gasteiger partial charge in [-0.25, -0.2) is 4.79 Å². The summed E-state index contributed by atoms with van der Waals surface area (Å²) >= 11 is 5.86. The van der Waals surface area contributed by atoms with Crippen LogP contribution in [0.4, 0.5) is 4.79 Å². The van der Waals surface area contributed by atoms with Crippen LogP contribution < -0.4 is 5.32 Å². The maximum Gasteiger partial charge on any atom is 0.415 e. The minimum absolute atomic E-state index is 0.298. The van der Waals surface area contributed by atoms with Gasteiger partial charge in [-0.3, -0.25) is 15.0 Å². The second-order valence-corrected chi connectivity index (χ2v) is 5.68. The molecule has 0 aromatic heterocycles. The summed E-state index contributed by atoms with van der Waals surface area (Å²) < 4.78 is 5.17. The molecule has 2 amide bonds. The summed E-state index contributed by atoms with van der Waals surface area (Å²) in [5.41, 5.74) is 0.242. The van der Waals surface area contributed by atoms with Crippen molar-refractivity contribution in [3.8, 4) is 0 Å². The summed E-state index contributed by atoms with van der Waals surface area (Å²) in [5, 5.41) is 2.94. The van der Waals surface area contributed by atoms with Crippen molar-refractivity contribution in [1.29, 1.82) is 0 Å². The highest BCUT2D eigenvalue weighted by atomic mass is 35.5. The van der Waals surface area contributed by atoms with Gasteiger partial charge in [-0.1, -0.05) is 23.7 Å². The first-order valence-corrected chi connectivity index (χ1v) is 6.96. The zero-order valence-electron chi connectivity index (χ0n) is 10.9. The lowest BCUT2D eigenvalue weighted by molar-refractivity contribution is -0.135. The van der Waals surface area contributed by atoms with E-state index in [2.05, 4.69) is 10.2 Å². The molecular formula is C14H15ClN2O3. The Morgan fingerprint density at radius 1 is 1.20 bits per heavy atom. The number of nitrogens with zero attached hydrogens (tertiary/aromatic N) is 1. The van der Waals surface area contributed by atoms with Gasteiger partial charge < -0.3 is 4.74 Å². The number of alkyl carbamates (subject to hydrolysis) is 1. The van der Waals surface area contributed by atoms with Gasteiger partial charge in [-0.05, 0) is 17.7 Å². The van der Waals surface area contributed by atoms with E-state index in [4.69, 9.17) is 16.3 Å². The fourth-order valence-electron chi connectivity index (χ4n) is 2.71. The van der Waals surface area contributed by atoms with Gasteiger partial charge in [0, 0.05) is 37.5 Å². The van der Waals surface area contributed by atoms with Gasteiger partial charge in [0.2, 0.25) is 0 Å². The second kappa shape index (κ2) is 5.07. The topological polar surface area (TPSA) is 58.6 Å². The average Bonchev–Trinajstić information content (AvgIpc) is 2.70. The number of likely N-dealkylation sites (tertiary alicyclic amines) is 1. The zero-order chi connectivity index (χ0) is 14.2.